The van der Waals surface area contributed by atoms with Crippen molar-refractivity contribution in [1.82, 2.24) is 0 Å². The number of nitrogens with one attached hydrogen (secondary N) is 1. The third-order valence-corrected chi connectivity index (χ3v) is 4.31. The zero-order chi connectivity index (χ0) is 13.5. The van der Waals surface area contributed by atoms with Crippen LogP contribution in [0.4, 0.5) is 5.69 Å². The highest BCUT2D eigenvalue weighted by molar-refractivity contribution is 5.52. The third-order valence-electron chi connectivity index (χ3n) is 4.31. The summed E-state index contributed by atoms with van der Waals surface area (Å²) in [6.45, 7) is 3.11. The normalized spacial score (nSPS) is 23.3. The second-order valence-corrected chi connectivity index (χ2v) is 5.68. The third kappa shape index (κ3) is 4.24. The molecule has 0 spiro atoms. The van der Waals surface area contributed by atoms with E-state index in [0.29, 0.717) is 6.04 Å². The second kappa shape index (κ2) is 7.54. The molecule has 1 aromatic rings. The molecule has 0 saturated heterocycles. The van der Waals surface area contributed by atoms with Gasteiger partial charge in [0.2, 0.25) is 0 Å². The van der Waals surface area contributed by atoms with Crippen LogP contribution in [0.2, 0.25) is 0 Å². The van der Waals surface area contributed by atoms with Gasteiger partial charge in [-0.25, -0.2) is 0 Å². The Labute approximate surface area is 117 Å². The molecule has 1 aromatic carbocycles. The van der Waals surface area contributed by atoms with Crippen molar-refractivity contribution < 1.29 is 4.74 Å². The lowest BCUT2D eigenvalue weighted by molar-refractivity contribution is 0.202. The zero-order valence-electron chi connectivity index (χ0n) is 12.3. The predicted octanol–water partition coefficient (Wildman–Crippen LogP) is 4.26. The minimum Gasteiger partial charge on any atom is -0.384 e. The maximum absolute atomic E-state index is 5.20. The molecule has 1 aliphatic rings. The van der Waals surface area contributed by atoms with Gasteiger partial charge in [0.1, 0.15) is 0 Å². The fraction of sp³-hybridized carbons (Fsp3) is 0.647. The fourth-order valence-electron chi connectivity index (χ4n) is 3.10. The van der Waals surface area contributed by atoms with Gasteiger partial charge < -0.3 is 10.1 Å². The standard InChI is InChI=1S/C17H27NO/c1-3-14-7-6-9-16(13-14)18-17-10-5-4-8-15(17)11-12-19-2/h4-5,8,10,14,16,18H,3,6-7,9,11-13H2,1-2H3. The number of rotatable bonds is 6. The van der Waals surface area contributed by atoms with Gasteiger partial charge in [-0.15, -0.1) is 0 Å². The summed E-state index contributed by atoms with van der Waals surface area (Å²) in [5.41, 5.74) is 2.68. The minimum absolute atomic E-state index is 0.655. The van der Waals surface area contributed by atoms with E-state index in [-0.39, 0.29) is 0 Å². The lowest BCUT2D eigenvalue weighted by Gasteiger charge is -2.30. The van der Waals surface area contributed by atoms with Crippen LogP contribution in [-0.2, 0) is 11.2 Å². The topological polar surface area (TPSA) is 21.3 Å². The SMILES string of the molecule is CCC1CCCC(Nc2ccccc2CCOC)C1. The number of anilines is 1. The molecule has 2 rings (SSSR count). The molecule has 1 fully saturated rings. The smallest absolute Gasteiger partial charge is 0.0503 e. The molecule has 19 heavy (non-hydrogen) atoms. The van der Waals surface area contributed by atoms with E-state index >= 15 is 0 Å². The summed E-state index contributed by atoms with van der Waals surface area (Å²) >= 11 is 0. The van der Waals surface area contributed by atoms with Gasteiger partial charge in [-0.3, -0.25) is 0 Å². The first-order valence-electron chi connectivity index (χ1n) is 7.66. The van der Waals surface area contributed by atoms with E-state index in [1.807, 2.05) is 0 Å². The van der Waals surface area contributed by atoms with Crippen molar-refractivity contribution in [3.05, 3.63) is 29.8 Å². The van der Waals surface area contributed by atoms with Gasteiger partial charge in [-0.2, -0.15) is 0 Å². The molecule has 0 amide bonds. The molecule has 2 nitrogen and oxygen atoms in total. The lowest BCUT2D eigenvalue weighted by atomic mass is 9.84. The highest BCUT2D eigenvalue weighted by atomic mass is 16.5. The predicted molar refractivity (Wildman–Crippen MR) is 81.7 cm³/mol. The molecular weight excluding hydrogens is 234 g/mol. The Kier molecular flexibility index (Phi) is 5.71. The van der Waals surface area contributed by atoms with E-state index in [0.717, 1.165) is 18.9 Å². The number of benzene rings is 1. The molecule has 0 bridgehead atoms. The Morgan fingerprint density at radius 1 is 1.26 bits per heavy atom. The van der Waals surface area contributed by atoms with E-state index in [4.69, 9.17) is 4.74 Å². The number of ether oxygens (including phenoxy) is 1. The van der Waals surface area contributed by atoms with E-state index < -0.39 is 0 Å². The van der Waals surface area contributed by atoms with Crippen LogP contribution in [-0.4, -0.2) is 19.8 Å². The first-order chi connectivity index (χ1) is 9.33. The van der Waals surface area contributed by atoms with Crippen LogP contribution in [0, 0.1) is 5.92 Å². The summed E-state index contributed by atoms with van der Waals surface area (Å²) in [5.74, 6) is 0.914. The van der Waals surface area contributed by atoms with Gasteiger partial charge in [0.05, 0.1) is 6.61 Å². The first-order valence-corrected chi connectivity index (χ1v) is 7.66. The monoisotopic (exact) mass is 261 g/mol. The Bertz CT molecular complexity index is 377. The van der Waals surface area contributed by atoms with Gasteiger partial charge >= 0.3 is 0 Å². The van der Waals surface area contributed by atoms with Crippen molar-refractivity contribution in [1.29, 1.82) is 0 Å². The highest BCUT2D eigenvalue weighted by Gasteiger charge is 2.20. The summed E-state index contributed by atoms with van der Waals surface area (Å²) < 4.78 is 5.20. The Hall–Kier alpha value is -1.02. The van der Waals surface area contributed by atoms with Crippen molar-refractivity contribution in [3.8, 4) is 0 Å². The first kappa shape index (κ1) is 14.4. The van der Waals surface area contributed by atoms with Crippen molar-refractivity contribution >= 4 is 5.69 Å². The van der Waals surface area contributed by atoms with Crippen molar-refractivity contribution in [3.63, 3.8) is 0 Å². The number of methoxy groups -OCH3 is 1. The number of para-hydroxylation sites is 1. The Balaban J connectivity index is 1.97. The molecule has 2 atom stereocenters. The maximum atomic E-state index is 5.20. The van der Waals surface area contributed by atoms with Gasteiger partial charge in [-0.05, 0) is 36.8 Å². The number of hydrogen-bond donors (Lipinski definition) is 1. The Morgan fingerprint density at radius 2 is 2.11 bits per heavy atom. The maximum Gasteiger partial charge on any atom is 0.0503 e. The molecule has 1 aliphatic carbocycles. The van der Waals surface area contributed by atoms with Gasteiger partial charge in [-0.1, -0.05) is 44.4 Å². The summed E-state index contributed by atoms with van der Waals surface area (Å²) in [7, 11) is 1.77. The molecule has 2 unspecified atom stereocenters. The van der Waals surface area contributed by atoms with Crippen molar-refractivity contribution in [2.75, 3.05) is 19.0 Å². The average Bonchev–Trinajstić information content (AvgIpc) is 2.46. The molecule has 0 aliphatic heterocycles. The Morgan fingerprint density at radius 3 is 2.89 bits per heavy atom. The van der Waals surface area contributed by atoms with E-state index in [1.54, 1.807) is 7.11 Å². The summed E-state index contributed by atoms with van der Waals surface area (Å²) in [6, 6.07) is 9.31. The molecule has 2 heteroatoms. The molecule has 106 valence electrons. The molecule has 1 N–H and O–H groups in total. The van der Waals surface area contributed by atoms with Crippen LogP contribution in [0.5, 0.6) is 0 Å². The molecule has 0 heterocycles. The minimum atomic E-state index is 0.655. The summed E-state index contributed by atoms with van der Waals surface area (Å²) in [5, 5.41) is 3.77. The van der Waals surface area contributed by atoms with Crippen LogP contribution in [0.3, 0.4) is 0 Å². The van der Waals surface area contributed by atoms with Crippen LogP contribution < -0.4 is 5.32 Å². The highest BCUT2D eigenvalue weighted by Crippen LogP contribution is 2.29. The average molecular weight is 261 g/mol. The van der Waals surface area contributed by atoms with Crippen LogP contribution in [0.25, 0.3) is 0 Å². The van der Waals surface area contributed by atoms with Crippen LogP contribution in [0.1, 0.15) is 44.6 Å². The molecule has 0 radical (unpaired) electrons. The van der Waals surface area contributed by atoms with E-state index in [2.05, 4.69) is 36.5 Å². The summed E-state index contributed by atoms with van der Waals surface area (Å²) in [4.78, 5) is 0. The van der Waals surface area contributed by atoms with Crippen molar-refractivity contribution in [2.24, 2.45) is 5.92 Å². The van der Waals surface area contributed by atoms with Crippen molar-refractivity contribution in [2.45, 2.75) is 51.5 Å². The molecular formula is C17H27NO. The lowest BCUT2D eigenvalue weighted by Crippen LogP contribution is -2.27. The van der Waals surface area contributed by atoms with Gasteiger partial charge in [0, 0.05) is 18.8 Å². The fourth-order valence-corrected chi connectivity index (χ4v) is 3.10. The molecule has 1 saturated carbocycles. The van der Waals surface area contributed by atoms with Gasteiger partial charge in [0.25, 0.3) is 0 Å². The van der Waals surface area contributed by atoms with E-state index in [1.165, 1.54) is 43.4 Å². The zero-order valence-corrected chi connectivity index (χ0v) is 12.3. The van der Waals surface area contributed by atoms with Crippen LogP contribution >= 0.6 is 0 Å². The molecule has 0 aromatic heterocycles. The quantitative estimate of drug-likeness (QED) is 0.826. The number of hydrogen-bond acceptors (Lipinski definition) is 2. The summed E-state index contributed by atoms with van der Waals surface area (Å²) in [6.07, 6.45) is 7.74. The van der Waals surface area contributed by atoms with E-state index in [9.17, 15) is 0 Å². The largest absolute Gasteiger partial charge is 0.384 e. The second-order valence-electron chi connectivity index (χ2n) is 5.68. The van der Waals surface area contributed by atoms with Crippen LogP contribution in [0.15, 0.2) is 24.3 Å². The van der Waals surface area contributed by atoms with Gasteiger partial charge in [0.15, 0.2) is 0 Å².